The number of rotatable bonds is 6. The van der Waals surface area contributed by atoms with E-state index in [1.54, 1.807) is 0 Å². The first-order chi connectivity index (χ1) is 7.36. The molecule has 0 saturated carbocycles. The second-order valence-electron chi connectivity index (χ2n) is 4.40. The Morgan fingerprint density at radius 1 is 1.33 bits per heavy atom. The van der Waals surface area contributed by atoms with Gasteiger partial charge in [-0.25, -0.2) is 0 Å². The first-order valence-corrected chi connectivity index (χ1v) is 6.16. The Bertz CT molecular complexity index is 192. The number of hydrogen-bond acceptors (Lipinski definition) is 3. The minimum atomic E-state index is 0.672. The van der Waals surface area contributed by atoms with E-state index in [-0.39, 0.29) is 0 Å². The fraction of sp³-hybridized carbons (Fsp3) is 0.917. The molecule has 1 saturated heterocycles. The summed E-state index contributed by atoms with van der Waals surface area (Å²) in [7, 11) is 0. The van der Waals surface area contributed by atoms with E-state index in [0.29, 0.717) is 6.42 Å². The molecule has 0 unspecified atom stereocenters. The quantitative estimate of drug-likeness (QED) is 0.722. The fourth-order valence-corrected chi connectivity index (χ4v) is 2.25. The lowest BCUT2D eigenvalue weighted by molar-refractivity contribution is 0.209. The van der Waals surface area contributed by atoms with Crippen LogP contribution in [-0.2, 0) is 0 Å². The first-order valence-electron chi connectivity index (χ1n) is 6.16. The van der Waals surface area contributed by atoms with Gasteiger partial charge in [0.2, 0.25) is 0 Å². The highest BCUT2D eigenvalue weighted by Gasteiger charge is 2.16. The van der Waals surface area contributed by atoms with Crippen LogP contribution in [0.1, 0.15) is 32.6 Å². The zero-order valence-electron chi connectivity index (χ0n) is 9.84. The van der Waals surface area contributed by atoms with Crippen molar-refractivity contribution in [3.63, 3.8) is 0 Å². The lowest BCUT2D eigenvalue weighted by Gasteiger charge is -2.29. The lowest BCUT2D eigenvalue weighted by Crippen LogP contribution is -2.37. The molecular weight excluding hydrogens is 186 g/mol. The van der Waals surface area contributed by atoms with Gasteiger partial charge in [-0.1, -0.05) is 6.92 Å². The Morgan fingerprint density at radius 2 is 2.07 bits per heavy atom. The largest absolute Gasteiger partial charge is 0.317 e. The SMILES string of the molecule is CCCN(CCC#N)CC1CCNCC1. The normalized spacial score (nSPS) is 17.9. The van der Waals surface area contributed by atoms with Gasteiger partial charge in [-0.2, -0.15) is 5.26 Å². The molecule has 3 nitrogen and oxygen atoms in total. The molecule has 0 atom stereocenters. The van der Waals surface area contributed by atoms with Gasteiger partial charge >= 0.3 is 0 Å². The summed E-state index contributed by atoms with van der Waals surface area (Å²) < 4.78 is 0. The van der Waals surface area contributed by atoms with Gasteiger partial charge in [0.25, 0.3) is 0 Å². The number of hydrogen-bond donors (Lipinski definition) is 1. The van der Waals surface area contributed by atoms with Crippen molar-refractivity contribution >= 4 is 0 Å². The van der Waals surface area contributed by atoms with Gasteiger partial charge < -0.3 is 10.2 Å². The van der Waals surface area contributed by atoms with Crippen molar-refractivity contribution in [3.05, 3.63) is 0 Å². The first kappa shape index (κ1) is 12.5. The molecule has 15 heavy (non-hydrogen) atoms. The molecule has 1 N–H and O–H groups in total. The van der Waals surface area contributed by atoms with Gasteiger partial charge in [0.05, 0.1) is 6.07 Å². The second-order valence-corrected chi connectivity index (χ2v) is 4.40. The number of nitrogens with one attached hydrogen (secondary N) is 1. The summed E-state index contributed by atoms with van der Waals surface area (Å²) in [6.45, 7) is 7.84. The van der Waals surface area contributed by atoms with Crippen LogP contribution in [0.2, 0.25) is 0 Å². The van der Waals surface area contributed by atoms with Crippen LogP contribution in [0, 0.1) is 17.2 Å². The Kier molecular flexibility index (Phi) is 6.38. The van der Waals surface area contributed by atoms with E-state index >= 15 is 0 Å². The highest BCUT2D eigenvalue weighted by Crippen LogP contribution is 2.13. The minimum Gasteiger partial charge on any atom is -0.317 e. The summed E-state index contributed by atoms with van der Waals surface area (Å²) in [5.41, 5.74) is 0. The monoisotopic (exact) mass is 209 g/mol. The van der Waals surface area contributed by atoms with Gasteiger partial charge in [-0.3, -0.25) is 0 Å². The van der Waals surface area contributed by atoms with Crippen molar-refractivity contribution in [1.29, 1.82) is 5.26 Å². The van der Waals surface area contributed by atoms with Crippen LogP contribution in [-0.4, -0.2) is 37.6 Å². The molecule has 1 fully saturated rings. The van der Waals surface area contributed by atoms with Gasteiger partial charge in [0, 0.05) is 19.5 Å². The van der Waals surface area contributed by atoms with Crippen LogP contribution < -0.4 is 5.32 Å². The molecule has 0 aromatic heterocycles. The summed E-state index contributed by atoms with van der Waals surface area (Å²) in [5.74, 6) is 0.844. The molecular formula is C12H23N3. The smallest absolute Gasteiger partial charge is 0.0635 e. The maximum atomic E-state index is 8.60. The van der Waals surface area contributed by atoms with Crippen molar-refractivity contribution < 1.29 is 0 Å². The minimum absolute atomic E-state index is 0.672. The van der Waals surface area contributed by atoms with E-state index in [4.69, 9.17) is 5.26 Å². The van der Waals surface area contributed by atoms with Crippen molar-refractivity contribution in [2.45, 2.75) is 32.6 Å². The highest BCUT2D eigenvalue weighted by atomic mass is 15.1. The molecule has 1 aliphatic heterocycles. The Hall–Kier alpha value is -0.590. The molecule has 3 heteroatoms. The molecule has 0 amide bonds. The lowest BCUT2D eigenvalue weighted by atomic mass is 9.97. The molecule has 1 rings (SSSR count). The summed E-state index contributed by atoms with van der Waals surface area (Å²) >= 11 is 0. The van der Waals surface area contributed by atoms with Crippen molar-refractivity contribution in [2.24, 2.45) is 5.92 Å². The van der Waals surface area contributed by atoms with E-state index in [9.17, 15) is 0 Å². The molecule has 0 aromatic rings. The highest BCUT2D eigenvalue weighted by molar-refractivity contribution is 4.76. The predicted octanol–water partition coefficient (Wildman–Crippen LogP) is 1.61. The van der Waals surface area contributed by atoms with Crippen LogP contribution in [0.25, 0.3) is 0 Å². The van der Waals surface area contributed by atoms with Crippen LogP contribution >= 0.6 is 0 Å². The van der Waals surface area contributed by atoms with Crippen LogP contribution in [0.3, 0.4) is 0 Å². The third-order valence-corrected chi connectivity index (χ3v) is 3.05. The van der Waals surface area contributed by atoms with Crippen LogP contribution in [0.15, 0.2) is 0 Å². The molecule has 0 aliphatic carbocycles. The van der Waals surface area contributed by atoms with Crippen molar-refractivity contribution in [1.82, 2.24) is 10.2 Å². The fourth-order valence-electron chi connectivity index (χ4n) is 2.25. The van der Waals surface area contributed by atoms with Crippen LogP contribution in [0.4, 0.5) is 0 Å². The molecule has 1 aliphatic rings. The number of nitrogens with zero attached hydrogens (tertiary/aromatic N) is 2. The summed E-state index contributed by atoms with van der Waals surface area (Å²) in [6.07, 6.45) is 4.46. The molecule has 0 bridgehead atoms. The number of piperidine rings is 1. The summed E-state index contributed by atoms with van der Waals surface area (Å²) in [4.78, 5) is 2.46. The van der Waals surface area contributed by atoms with E-state index in [2.05, 4.69) is 23.2 Å². The molecule has 0 radical (unpaired) electrons. The van der Waals surface area contributed by atoms with Gasteiger partial charge in [-0.15, -0.1) is 0 Å². The predicted molar refractivity (Wildman–Crippen MR) is 62.6 cm³/mol. The van der Waals surface area contributed by atoms with Crippen LogP contribution in [0.5, 0.6) is 0 Å². The average molecular weight is 209 g/mol. The molecule has 86 valence electrons. The molecule has 1 heterocycles. The van der Waals surface area contributed by atoms with E-state index in [0.717, 1.165) is 19.0 Å². The van der Waals surface area contributed by atoms with E-state index in [1.165, 1.54) is 38.9 Å². The third-order valence-electron chi connectivity index (χ3n) is 3.05. The summed E-state index contributed by atoms with van der Waals surface area (Å²) in [5, 5.41) is 12.0. The standard InChI is InChI=1S/C12H23N3/c1-2-9-15(10-3-6-13)11-12-4-7-14-8-5-12/h12,14H,2-5,7-11H2,1H3. The van der Waals surface area contributed by atoms with Gasteiger partial charge in [0.1, 0.15) is 0 Å². The maximum Gasteiger partial charge on any atom is 0.0635 e. The second kappa shape index (κ2) is 7.67. The van der Waals surface area contributed by atoms with E-state index < -0.39 is 0 Å². The molecule has 0 aromatic carbocycles. The average Bonchev–Trinajstić information content (AvgIpc) is 2.28. The zero-order valence-corrected chi connectivity index (χ0v) is 9.84. The summed E-state index contributed by atoms with van der Waals surface area (Å²) in [6, 6.07) is 2.24. The Balaban J connectivity index is 2.25. The van der Waals surface area contributed by atoms with E-state index in [1.807, 2.05) is 0 Å². The maximum absolute atomic E-state index is 8.60. The van der Waals surface area contributed by atoms with Gasteiger partial charge in [-0.05, 0) is 44.8 Å². The topological polar surface area (TPSA) is 39.1 Å². The number of nitriles is 1. The zero-order chi connectivity index (χ0) is 10.9. The van der Waals surface area contributed by atoms with Crippen molar-refractivity contribution in [3.8, 4) is 6.07 Å². The third kappa shape index (κ3) is 5.15. The Labute approximate surface area is 93.5 Å². The van der Waals surface area contributed by atoms with Gasteiger partial charge in [0.15, 0.2) is 0 Å². The molecule has 0 spiro atoms. The van der Waals surface area contributed by atoms with Crippen molar-refractivity contribution in [2.75, 3.05) is 32.7 Å². The Morgan fingerprint density at radius 3 is 2.67 bits per heavy atom.